The molecule has 7 heteroatoms. The maximum absolute atomic E-state index is 13.8. The standard InChI is InChI=1S/C20H15ClFNO3S/c1-2-25-20(24)16-15(10-3-5-11(21)6-4-10)18-17(26-19(16)23)13-9-12(22)7-8-14(13)27-18/h3-9,15H,2,23H2,1H3. The Morgan fingerprint density at radius 2 is 2.04 bits per heavy atom. The molecule has 0 radical (unpaired) electrons. The van der Waals surface area contributed by atoms with Crippen LogP contribution in [0.25, 0.3) is 10.1 Å². The minimum Gasteiger partial charge on any atom is -0.462 e. The molecule has 1 aliphatic rings. The number of nitrogens with two attached hydrogens (primary N) is 1. The molecule has 2 heterocycles. The SMILES string of the molecule is CCOC(=O)C1=C(N)Oc2c(sc3ccc(F)cc23)C1c1ccc(Cl)cc1. The highest BCUT2D eigenvalue weighted by Gasteiger charge is 2.38. The van der Waals surface area contributed by atoms with E-state index in [1.165, 1.54) is 23.5 Å². The minimum atomic E-state index is -0.538. The lowest BCUT2D eigenvalue weighted by Gasteiger charge is -2.26. The number of thiophene rings is 1. The van der Waals surface area contributed by atoms with Crippen molar-refractivity contribution in [3.8, 4) is 5.75 Å². The van der Waals surface area contributed by atoms with Crippen molar-refractivity contribution in [2.75, 3.05) is 6.61 Å². The fourth-order valence-electron chi connectivity index (χ4n) is 3.20. The van der Waals surface area contributed by atoms with Crippen molar-refractivity contribution in [2.24, 2.45) is 5.73 Å². The molecule has 0 saturated heterocycles. The predicted octanol–water partition coefficient (Wildman–Crippen LogP) is 4.95. The van der Waals surface area contributed by atoms with E-state index < -0.39 is 11.9 Å². The van der Waals surface area contributed by atoms with Gasteiger partial charge in [-0.05, 0) is 42.8 Å². The first-order chi connectivity index (χ1) is 13.0. The van der Waals surface area contributed by atoms with Gasteiger partial charge in [-0.1, -0.05) is 23.7 Å². The summed E-state index contributed by atoms with van der Waals surface area (Å²) in [5, 5.41) is 1.21. The number of hydrogen-bond acceptors (Lipinski definition) is 5. The second-order valence-corrected chi connectivity index (χ2v) is 7.54. The maximum atomic E-state index is 13.8. The summed E-state index contributed by atoms with van der Waals surface area (Å²) in [6.07, 6.45) is 0. The molecular weight excluding hydrogens is 389 g/mol. The van der Waals surface area contributed by atoms with Crippen molar-refractivity contribution in [1.82, 2.24) is 0 Å². The zero-order chi connectivity index (χ0) is 19.1. The quantitative estimate of drug-likeness (QED) is 0.628. The molecule has 4 rings (SSSR count). The van der Waals surface area contributed by atoms with Gasteiger partial charge in [-0.2, -0.15) is 0 Å². The molecule has 1 aromatic heterocycles. The van der Waals surface area contributed by atoms with Gasteiger partial charge < -0.3 is 15.2 Å². The summed E-state index contributed by atoms with van der Waals surface area (Å²) in [5.41, 5.74) is 7.17. The van der Waals surface area contributed by atoms with Gasteiger partial charge in [-0.3, -0.25) is 0 Å². The number of ether oxygens (including phenoxy) is 2. The van der Waals surface area contributed by atoms with Gasteiger partial charge in [0.25, 0.3) is 0 Å². The van der Waals surface area contributed by atoms with Gasteiger partial charge in [0.2, 0.25) is 5.88 Å². The lowest BCUT2D eigenvalue weighted by Crippen LogP contribution is -2.26. The molecule has 2 N–H and O–H groups in total. The molecule has 4 nitrogen and oxygen atoms in total. The van der Waals surface area contributed by atoms with E-state index in [0.29, 0.717) is 16.2 Å². The largest absolute Gasteiger partial charge is 0.462 e. The Morgan fingerprint density at radius 1 is 1.30 bits per heavy atom. The molecule has 1 aliphatic heterocycles. The average Bonchev–Trinajstić information content (AvgIpc) is 2.99. The maximum Gasteiger partial charge on any atom is 0.340 e. The Hall–Kier alpha value is -2.57. The summed E-state index contributed by atoms with van der Waals surface area (Å²) in [6, 6.07) is 11.7. The highest BCUT2D eigenvalue weighted by Crippen LogP contribution is 2.50. The molecule has 138 valence electrons. The molecular formula is C20H15ClFNO3S. The van der Waals surface area contributed by atoms with E-state index in [1.807, 2.05) is 12.1 Å². The van der Waals surface area contributed by atoms with Gasteiger partial charge in [0.1, 0.15) is 11.4 Å². The summed E-state index contributed by atoms with van der Waals surface area (Å²) in [6.45, 7) is 1.94. The molecule has 0 aliphatic carbocycles. The second-order valence-electron chi connectivity index (χ2n) is 6.02. The Labute approximate surface area is 164 Å². The normalized spacial score (nSPS) is 16.2. The number of rotatable bonds is 3. The monoisotopic (exact) mass is 403 g/mol. The van der Waals surface area contributed by atoms with Crippen LogP contribution in [0.5, 0.6) is 5.75 Å². The topological polar surface area (TPSA) is 61.5 Å². The van der Waals surface area contributed by atoms with E-state index >= 15 is 0 Å². The summed E-state index contributed by atoms with van der Waals surface area (Å²) in [7, 11) is 0. The zero-order valence-electron chi connectivity index (χ0n) is 14.3. The molecule has 0 spiro atoms. The summed E-state index contributed by atoms with van der Waals surface area (Å²) in [5.74, 6) is -0.951. The summed E-state index contributed by atoms with van der Waals surface area (Å²) < 4.78 is 25.6. The average molecular weight is 404 g/mol. The summed E-state index contributed by atoms with van der Waals surface area (Å²) >= 11 is 7.45. The number of benzene rings is 2. The smallest absolute Gasteiger partial charge is 0.340 e. The van der Waals surface area contributed by atoms with Gasteiger partial charge in [-0.15, -0.1) is 11.3 Å². The molecule has 1 atom stereocenters. The lowest BCUT2D eigenvalue weighted by molar-refractivity contribution is -0.139. The molecule has 3 aromatic rings. The van der Waals surface area contributed by atoms with Crippen molar-refractivity contribution in [3.05, 3.63) is 75.2 Å². The Morgan fingerprint density at radius 3 is 2.74 bits per heavy atom. The van der Waals surface area contributed by atoms with Gasteiger partial charge in [0.15, 0.2) is 5.75 Å². The van der Waals surface area contributed by atoms with Crippen LogP contribution in [0, 0.1) is 5.82 Å². The van der Waals surface area contributed by atoms with Crippen LogP contribution in [0.1, 0.15) is 23.3 Å². The molecule has 0 amide bonds. The molecule has 0 bridgehead atoms. The first-order valence-corrected chi connectivity index (χ1v) is 9.51. The van der Waals surface area contributed by atoms with E-state index in [-0.39, 0.29) is 23.9 Å². The third-order valence-electron chi connectivity index (χ3n) is 4.36. The van der Waals surface area contributed by atoms with Crippen molar-refractivity contribution in [1.29, 1.82) is 0 Å². The van der Waals surface area contributed by atoms with E-state index in [0.717, 1.165) is 15.1 Å². The van der Waals surface area contributed by atoms with Crippen LogP contribution in [0.4, 0.5) is 4.39 Å². The second kappa shape index (κ2) is 6.87. The van der Waals surface area contributed by atoms with Crippen LogP contribution in [-0.2, 0) is 9.53 Å². The first kappa shape index (κ1) is 17.8. The first-order valence-electron chi connectivity index (χ1n) is 8.31. The highest BCUT2D eigenvalue weighted by atomic mass is 35.5. The predicted molar refractivity (Wildman–Crippen MR) is 104 cm³/mol. The molecule has 0 saturated carbocycles. The Bertz CT molecular complexity index is 1070. The van der Waals surface area contributed by atoms with Crippen molar-refractivity contribution in [2.45, 2.75) is 12.8 Å². The van der Waals surface area contributed by atoms with Gasteiger partial charge >= 0.3 is 5.97 Å². The minimum absolute atomic E-state index is 0.0372. The number of halogens is 2. The third kappa shape index (κ3) is 3.05. The molecule has 1 unspecified atom stereocenters. The van der Waals surface area contributed by atoms with Crippen molar-refractivity contribution < 1.29 is 18.7 Å². The number of esters is 1. The van der Waals surface area contributed by atoms with Crippen molar-refractivity contribution >= 4 is 39.0 Å². The third-order valence-corrected chi connectivity index (χ3v) is 5.83. The fourth-order valence-corrected chi connectivity index (χ4v) is 4.58. The highest BCUT2D eigenvalue weighted by molar-refractivity contribution is 7.19. The van der Waals surface area contributed by atoms with Crippen LogP contribution in [0.2, 0.25) is 5.02 Å². The van der Waals surface area contributed by atoms with Crippen LogP contribution in [0.15, 0.2) is 53.9 Å². The van der Waals surface area contributed by atoms with Crippen LogP contribution < -0.4 is 10.5 Å². The number of fused-ring (bicyclic) bond motifs is 3. The molecule has 0 fully saturated rings. The van der Waals surface area contributed by atoms with Gasteiger partial charge in [0.05, 0.1) is 17.4 Å². The van der Waals surface area contributed by atoms with Crippen LogP contribution >= 0.6 is 22.9 Å². The molecule has 2 aromatic carbocycles. The van der Waals surface area contributed by atoms with E-state index in [1.54, 1.807) is 25.1 Å². The fraction of sp³-hybridized carbons (Fsp3) is 0.150. The zero-order valence-corrected chi connectivity index (χ0v) is 15.9. The van der Waals surface area contributed by atoms with E-state index in [9.17, 15) is 9.18 Å². The Balaban J connectivity index is 1.96. The number of carbonyl (C=O) groups is 1. The Kier molecular flexibility index (Phi) is 4.53. The lowest BCUT2D eigenvalue weighted by atomic mass is 9.87. The van der Waals surface area contributed by atoms with Crippen LogP contribution in [-0.4, -0.2) is 12.6 Å². The van der Waals surface area contributed by atoms with E-state index in [4.69, 9.17) is 26.8 Å². The molecule has 27 heavy (non-hydrogen) atoms. The van der Waals surface area contributed by atoms with Crippen molar-refractivity contribution in [3.63, 3.8) is 0 Å². The van der Waals surface area contributed by atoms with Crippen LogP contribution in [0.3, 0.4) is 0 Å². The van der Waals surface area contributed by atoms with Gasteiger partial charge in [-0.25, -0.2) is 9.18 Å². The van der Waals surface area contributed by atoms with Gasteiger partial charge in [0, 0.05) is 15.1 Å². The number of hydrogen-bond donors (Lipinski definition) is 1. The number of carbonyl (C=O) groups excluding carboxylic acids is 1. The van der Waals surface area contributed by atoms with E-state index in [2.05, 4.69) is 0 Å². The summed E-state index contributed by atoms with van der Waals surface area (Å²) in [4.78, 5) is 13.4.